The van der Waals surface area contributed by atoms with Crippen LogP contribution in [-0.4, -0.2) is 27.4 Å². The first kappa shape index (κ1) is 20.3. The van der Waals surface area contributed by atoms with E-state index in [4.69, 9.17) is 4.42 Å². The van der Waals surface area contributed by atoms with Crippen molar-refractivity contribution in [1.82, 2.24) is 5.32 Å². The summed E-state index contributed by atoms with van der Waals surface area (Å²) in [5, 5.41) is 2.69. The lowest BCUT2D eigenvalue weighted by Gasteiger charge is -2.07. The molecule has 1 aromatic heterocycles. The Morgan fingerprint density at radius 2 is 1.69 bits per heavy atom. The van der Waals surface area contributed by atoms with E-state index >= 15 is 0 Å². The van der Waals surface area contributed by atoms with Gasteiger partial charge in [0.1, 0.15) is 0 Å². The maximum atomic E-state index is 12.6. The number of nitrogens with one attached hydrogen (secondary N) is 1. The molecular weight excluding hydrogens is 394 g/mol. The van der Waals surface area contributed by atoms with E-state index in [9.17, 15) is 18.0 Å². The number of rotatable bonds is 7. The normalized spacial score (nSPS) is 11.1. The van der Waals surface area contributed by atoms with Crippen LogP contribution in [0.4, 0.5) is 0 Å². The second-order valence-corrected chi connectivity index (χ2v) is 8.21. The fourth-order valence-electron chi connectivity index (χ4n) is 2.70. The van der Waals surface area contributed by atoms with Crippen LogP contribution in [0.2, 0.25) is 0 Å². The third-order valence-electron chi connectivity index (χ3n) is 4.23. The lowest BCUT2D eigenvalue weighted by atomic mass is 10.1. The van der Waals surface area contributed by atoms with Crippen LogP contribution in [-0.2, 0) is 26.9 Å². The largest absolute Gasteiger partial charge is 0.465 e. The molecule has 2 aromatic carbocycles. The van der Waals surface area contributed by atoms with Crippen molar-refractivity contribution in [3.63, 3.8) is 0 Å². The Hall–Kier alpha value is -3.39. The molecule has 1 heterocycles. The molecule has 0 atom stereocenters. The van der Waals surface area contributed by atoms with Crippen molar-refractivity contribution in [3.05, 3.63) is 89.4 Å². The number of carbonyl (C=O) groups excluding carboxylic acids is 2. The van der Waals surface area contributed by atoms with Crippen molar-refractivity contribution < 1.29 is 27.2 Å². The van der Waals surface area contributed by atoms with Crippen molar-refractivity contribution in [2.75, 3.05) is 7.11 Å². The molecular formula is C21H19NO6S. The highest BCUT2D eigenvalue weighted by Crippen LogP contribution is 2.20. The molecule has 29 heavy (non-hydrogen) atoms. The van der Waals surface area contributed by atoms with Gasteiger partial charge in [0.25, 0.3) is 5.91 Å². The van der Waals surface area contributed by atoms with Gasteiger partial charge >= 0.3 is 5.97 Å². The Balaban J connectivity index is 1.67. The van der Waals surface area contributed by atoms with Gasteiger partial charge in [0.2, 0.25) is 0 Å². The highest BCUT2D eigenvalue weighted by atomic mass is 32.2. The topological polar surface area (TPSA) is 103 Å². The molecule has 0 aliphatic heterocycles. The summed E-state index contributed by atoms with van der Waals surface area (Å²) in [7, 11) is -2.30. The third-order valence-corrected chi connectivity index (χ3v) is 5.91. The molecule has 0 aliphatic carbocycles. The molecule has 0 spiro atoms. The monoisotopic (exact) mass is 413 g/mol. The second-order valence-electron chi connectivity index (χ2n) is 6.22. The number of hydrogen-bond acceptors (Lipinski definition) is 6. The minimum Gasteiger partial charge on any atom is -0.465 e. The number of ether oxygens (including phenoxy) is 1. The number of sulfone groups is 1. The van der Waals surface area contributed by atoms with E-state index in [1.54, 1.807) is 42.5 Å². The van der Waals surface area contributed by atoms with E-state index in [0.717, 1.165) is 5.56 Å². The molecule has 0 fully saturated rings. The van der Waals surface area contributed by atoms with Crippen molar-refractivity contribution in [3.8, 4) is 0 Å². The van der Waals surface area contributed by atoms with Crippen LogP contribution < -0.4 is 5.32 Å². The standard InChI is InChI=1S/C21H19NO6S/c1-27-21(24)16-9-7-15(8-10-16)13-22-20(23)19-17(11-12-28-19)14-29(25,26)18-5-3-2-4-6-18/h2-12H,13-14H2,1H3,(H,22,23). The summed E-state index contributed by atoms with van der Waals surface area (Å²) in [5.41, 5.74) is 1.45. The molecule has 3 rings (SSSR count). The zero-order chi connectivity index (χ0) is 20.9. The first-order valence-electron chi connectivity index (χ1n) is 8.70. The maximum absolute atomic E-state index is 12.6. The van der Waals surface area contributed by atoms with Gasteiger partial charge in [0.05, 0.1) is 29.6 Å². The average molecular weight is 413 g/mol. The van der Waals surface area contributed by atoms with Gasteiger partial charge in [-0.05, 0) is 35.9 Å². The Labute approximate surface area is 168 Å². The minimum atomic E-state index is -3.61. The number of amides is 1. The van der Waals surface area contributed by atoms with Crippen LogP contribution in [0.5, 0.6) is 0 Å². The van der Waals surface area contributed by atoms with E-state index in [-0.39, 0.29) is 28.5 Å². The van der Waals surface area contributed by atoms with Crippen LogP contribution in [0.25, 0.3) is 0 Å². The second kappa shape index (κ2) is 8.74. The van der Waals surface area contributed by atoms with Gasteiger partial charge in [-0.15, -0.1) is 0 Å². The Morgan fingerprint density at radius 1 is 1.00 bits per heavy atom. The summed E-state index contributed by atoms with van der Waals surface area (Å²) in [5.74, 6) is -1.36. The smallest absolute Gasteiger partial charge is 0.337 e. The van der Waals surface area contributed by atoms with Crippen molar-refractivity contribution >= 4 is 21.7 Å². The quantitative estimate of drug-likeness (QED) is 0.598. The van der Waals surface area contributed by atoms with Crippen LogP contribution in [0.15, 0.2) is 76.2 Å². The molecule has 0 saturated heterocycles. The van der Waals surface area contributed by atoms with E-state index in [1.165, 1.54) is 31.6 Å². The van der Waals surface area contributed by atoms with Crippen LogP contribution in [0.3, 0.4) is 0 Å². The summed E-state index contributed by atoms with van der Waals surface area (Å²) in [4.78, 5) is 24.1. The van der Waals surface area contributed by atoms with E-state index < -0.39 is 21.7 Å². The molecule has 1 amide bonds. The van der Waals surface area contributed by atoms with E-state index in [0.29, 0.717) is 5.56 Å². The molecule has 0 unspecified atom stereocenters. The molecule has 0 radical (unpaired) electrons. The highest BCUT2D eigenvalue weighted by Gasteiger charge is 2.22. The average Bonchev–Trinajstić information content (AvgIpc) is 3.20. The number of esters is 1. The van der Waals surface area contributed by atoms with Gasteiger partial charge in [-0.3, -0.25) is 4.79 Å². The van der Waals surface area contributed by atoms with E-state index in [2.05, 4.69) is 10.1 Å². The third kappa shape index (κ3) is 4.91. The lowest BCUT2D eigenvalue weighted by molar-refractivity contribution is 0.0600. The molecule has 3 aromatic rings. The molecule has 150 valence electrons. The summed E-state index contributed by atoms with van der Waals surface area (Å²) < 4.78 is 35.0. The fourth-order valence-corrected chi connectivity index (χ4v) is 4.08. The van der Waals surface area contributed by atoms with Crippen molar-refractivity contribution in [1.29, 1.82) is 0 Å². The number of methoxy groups -OCH3 is 1. The van der Waals surface area contributed by atoms with Gasteiger partial charge < -0.3 is 14.5 Å². The summed E-state index contributed by atoms with van der Waals surface area (Å²) in [6.07, 6.45) is 1.29. The molecule has 7 nitrogen and oxygen atoms in total. The SMILES string of the molecule is COC(=O)c1ccc(CNC(=O)c2occc2CS(=O)(=O)c2ccccc2)cc1. The van der Waals surface area contributed by atoms with Crippen molar-refractivity contribution in [2.24, 2.45) is 0 Å². The first-order chi connectivity index (χ1) is 13.9. The van der Waals surface area contributed by atoms with Gasteiger partial charge in [0, 0.05) is 12.1 Å². The predicted molar refractivity (Wildman–Crippen MR) is 105 cm³/mol. The molecule has 1 N–H and O–H groups in total. The molecule has 0 saturated carbocycles. The Morgan fingerprint density at radius 3 is 2.34 bits per heavy atom. The highest BCUT2D eigenvalue weighted by molar-refractivity contribution is 7.90. The fraction of sp³-hybridized carbons (Fsp3) is 0.143. The van der Waals surface area contributed by atoms with Gasteiger partial charge in [-0.1, -0.05) is 30.3 Å². The predicted octanol–water partition coefficient (Wildman–Crippen LogP) is 2.97. The summed E-state index contributed by atoms with van der Waals surface area (Å²) in [6.45, 7) is 0.186. The zero-order valence-electron chi connectivity index (χ0n) is 15.6. The van der Waals surface area contributed by atoms with Crippen molar-refractivity contribution in [2.45, 2.75) is 17.2 Å². The summed E-state index contributed by atoms with van der Waals surface area (Å²) in [6, 6.07) is 16.1. The van der Waals surface area contributed by atoms with Gasteiger partial charge in [-0.25, -0.2) is 13.2 Å². The Bertz CT molecular complexity index is 1100. The van der Waals surface area contributed by atoms with Crippen LogP contribution in [0.1, 0.15) is 32.0 Å². The van der Waals surface area contributed by atoms with Gasteiger partial charge in [0.15, 0.2) is 15.6 Å². The minimum absolute atomic E-state index is 0.0457. The number of carbonyl (C=O) groups is 2. The number of benzene rings is 2. The number of furan rings is 1. The molecule has 0 bridgehead atoms. The number of hydrogen-bond donors (Lipinski definition) is 1. The van der Waals surface area contributed by atoms with Gasteiger partial charge in [-0.2, -0.15) is 0 Å². The lowest BCUT2D eigenvalue weighted by Crippen LogP contribution is -2.23. The van der Waals surface area contributed by atoms with E-state index in [1.807, 2.05) is 0 Å². The molecule has 8 heteroatoms. The zero-order valence-corrected chi connectivity index (χ0v) is 16.4. The summed E-state index contributed by atoms with van der Waals surface area (Å²) >= 11 is 0. The van der Waals surface area contributed by atoms with Crippen LogP contribution in [0, 0.1) is 0 Å². The Kier molecular flexibility index (Phi) is 6.13. The first-order valence-corrected chi connectivity index (χ1v) is 10.4. The molecule has 0 aliphatic rings. The van der Waals surface area contributed by atoms with Crippen LogP contribution >= 0.6 is 0 Å². The maximum Gasteiger partial charge on any atom is 0.337 e.